The van der Waals surface area contributed by atoms with E-state index in [2.05, 4.69) is 45.2 Å². The van der Waals surface area contributed by atoms with Crippen LogP contribution in [-0.2, 0) is 39.4 Å². The minimum atomic E-state index is -1.33. The first-order chi connectivity index (χ1) is 20.4. The molecule has 3 aliphatic rings. The standard InChI is InChI=1S/C34H36I2N2O5/c1-20-31(33(2,3)42)29(16-30(40)37-18-23-7-5-4-6-22(23)14-26(37)19-39)43-34(20)27-15-25(36)12-13-28(27)38(32(34)41)17-21-8-10-24(35)11-9-21/h4-13,15,20,26,29,31,39,42H,14,16-19H2,1-3H3/t20-,26-,29+,31-,34+/m0/s1. The Labute approximate surface area is 279 Å². The summed E-state index contributed by atoms with van der Waals surface area (Å²) in [7, 11) is 0. The van der Waals surface area contributed by atoms with Crippen LogP contribution in [0.25, 0.3) is 0 Å². The summed E-state index contributed by atoms with van der Waals surface area (Å²) in [5, 5.41) is 21.7. The maximum absolute atomic E-state index is 14.6. The number of anilines is 1. The third-order valence-electron chi connectivity index (χ3n) is 9.46. The van der Waals surface area contributed by atoms with Crippen molar-refractivity contribution in [3.63, 3.8) is 0 Å². The summed E-state index contributed by atoms with van der Waals surface area (Å²) in [6.07, 6.45) is -0.119. The van der Waals surface area contributed by atoms with E-state index in [-0.39, 0.29) is 30.9 Å². The molecule has 3 aromatic rings. The van der Waals surface area contributed by atoms with E-state index in [1.54, 1.807) is 23.6 Å². The number of halogens is 2. The van der Waals surface area contributed by atoms with Crippen LogP contribution in [0.2, 0.25) is 0 Å². The van der Waals surface area contributed by atoms with Crippen LogP contribution in [0.1, 0.15) is 49.4 Å². The molecule has 0 aromatic heterocycles. The molecule has 3 heterocycles. The second kappa shape index (κ2) is 11.7. The van der Waals surface area contributed by atoms with E-state index in [1.807, 2.05) is 73.7 Å². The second-order valence-electron chi connectivity index (χ2n) is 12.6. The molecule has 226 valence electrons. The lowest BCUT2D eigenvalue weighted by Gasteiger charge is -2.38. The van der Waals surface area contributed by atoms with Crippen LogP contribution < -0.4 is 4.90 Å². The number of aliphatic hydroxyl groups is 2. The molecule has 3 aliphatic heterocycles. The van der Waals surface area contributed by atoms with Gasteiger partial charge in [-0.1, -0.05) is 43.3 Å². The molecular formula is C34H36I2N2O5. The van der Waals surface area contributed by atoms with Gasteiger partial charge in [0.25, 0.3) is 5.91 Å². The van der Waals surface area contributed by atoms with Gasteiger partial charge < -0.3 is 24.7 Å². The summed E-state index contributed by atoms with van der Waals surface area (Å²) in [5.74, 6) is -1.22. The van der Waals surface area contributed by atoms with Gasteiger partial charge in [0, 0.05) is 31.1 Å². The van der Waals surface area contributed by atoms with Crippen molar-refractivity contribution in [3.8, 4) is 0 Å². The van der Waals surface area contributed by atoms with Crippen LogP contribution in [-0.4, -0.2) is 51.3 Å². The fourth-order valence-corrected chi connectivity index (χ4v) is 8.36. The van der Waals surface area contributed by atoms with Crippen molar-refractivity contribution in [1.82, 2.24) is 4.90 Å². The molecule has 6 rings (SSSR count). The Morgan fingerprint density at radius 3 is 2.40 bits per heavy atom. The molecule has 0 saturated carbocycles. The molecule has 1 spiro atoms. The summed E-state index contributed by atoms with van der Waals surface area (Å²) >= 11 is 4.52. The van der Waals surface area contributed by atoms with Gasteiger partial charge in [-0.15, -0.1) is 0 Å². The number of rotatable bonds is 6. The van der Waals surface area contributed by atoms with Crippen LogP contribution in [0, 0.1) is 19.0 Å². The summed E-state index contributed by atoms with van der Waals surface area (Å²) in [4.78, 5) is 32.1. The maximum atomic E-state index is 14.6. The van der Waals surface area contributed by atoms with Crippen molar-refractivity contribution in [2.45, 2.75) is 70.1 Å². The zero-order chi connectivity index (χ0) is 30.7. The van der Waals surface area contributed by atoms with Gasteiger partial charge in [0.2, 0.25) is 5.91 Å². The zero-order valence-electron chi connectivity index (χ0n) is 24.5. The summed E-state index contributed by atoms with van der Waals surface area (Å²) in [5.41, 5.74) is 2.24. The lowest BCUT2D eigenvalue weighted by molar-refractivity contribution is -0.151. The van der Waals surface area contributed by atoms with Gasteiger partial charge >= 0.3 is 0 Å². The van der Waals surface area contributed by atoms with Crippen LogP contribution in [0.4, 0.5) is 5.69 Å². The minimum Gasteiger partial charge on any atom is -0.394 e. The molecule has 43 heavy (non-hydrogen) atoms. The van der Waals surface area contributed by atoms with Crippen LogP contribution in [0.3, 0.4) is 0 Å². The third-order valence-corrected chi connectivity index (χ3v) is 10.9. The first kappa shape index (κ1) is 30.9. The van der Waals surface area contributed by atoms with Gasteiger partial charge in [0.05, 0.1) is 43.0 Å². The van der Waals surface area contributed by atoms with Gasteiger partial charge in [-0.3, -0.25) is 9.59 Å². The molecule has 0 bridgehead atoms. The smallest absolute Gasteiger partial charge is 0.264 e. The first-order valence-electron chi connectivity index (χ1n) is 14.7. The Hall–Kier alpha value is -2.06. The molecule has 7 nitrogen and oxygen atoms in total. The number of amides is 2. The summed E-state index contributed by atoms with van der Waals surface area (Å²) < 4.78 is 8.98. The van der Waals surface area contributed by atoms with Gasteiger partial charge in [0.15, 0.2) is 5.60 Å². The van der Waals surface area contributed by atoms with E-state index in [0.29, 0.717) is 19.5 Å². The van der Waals surface area contributed by atoms with E-state index in [9.17, 15) is 19.8 Å². The maximum Gasteiger partial charge on any atom is 0.264 e. The fraction of sp³-hybridized carbons (Fsp3) is 0.412. The predicted molar refractivity (Wildman–Crippen MR) is 181 cm³/mol. The highest BCUT2D eigenvalue weighted by Gasteiger charge is 2.66. The number of hydrogen-bond donors (Lipinski definition) is 2. The van der Waals surface area contributed by atoms with Crippen molar-refractivity contribution in [3.05, 3.63) is 96.1 Å². The van der Waals surface area contributed by atoms with E-state index in [1.165, 1.54) is 0 Å². The predicted octanol–water partition coefficient (Wildman–Crippen LogP) is 5.40. The van der Waals surface area contributed by atoms with Crippen molar-refractivity contribution in [2.75, 3.05) is 11.5 Å². The van der Waals surface area contributed by atoms with E-state index in [0.717, 1.165) is 35.1 Å². The van der Waals surface area contributed by atoms with Crippen molar-refractivity contribution < 1.29 is 24.5 Å². The van der Waals surface area contributed by atoms with Crippen LogP contribution in [0.5, 0.6) is 0 Å². The summed E-state index contributed by atoms with van der Waals surface area (Å²) in [6.45, 7) is 6.10. The Morgan fingerprint density at radius 1 is 1.05 bits per heavy atom. The van der Waals surface area contributed by atoms with Gasteiger partial charge in [-0.25, -0.2) is 0 Å². The summed E-state index contributed by atoms with van der Waals surface area (Å²) in [6, 6.07) is 21.7. The molecule has 0 radical (unpaired) electrons. The van der Waals surface area contributed by atoms with Crippen LogP contribution >= 0.6 is 45.2 Å². The van der Waals surface area contributed by atoms with E-state index >= 15 is 0 Å². The number of carbonyl (C=O) groups is 2. The number of benzene rings is 3. The van der Waals surface area contributed by atoms with E-state index in [4.69, 9.17) is 4.74 Å². The SMILES string of the molecule is C[C@H]1[C@H](C(C)(C)O)[C@@H](CC(=O)N2Cc3ccccc3C[C@H]2CO)O[C@]12C(=O)N(Cc1ccc(I)cc1)c1ccc(I)cc12. The molecule has 1 fully saturated rings. The lowest BCUT2D eigenvalue weighted by Crippen LogP contribution is -2.48. The molecule has 1 saturated heterocycles. The molecule has 5 atom stereocenters. The monoisotopic (exact) mass is 806 g/mol. The van der Waals surface area contributed by atoms with Gasteiger partial charge in [-0.2, -0.15) is 0 Å². The number of hydrogen-bond acceptors (Lipinski definition) is 5. The second-order valence-corrected chi connectivity index (χ2v) is 15.1. The average molecular weight is 806 g/mol. The molecule has 0 unspecified atom stereocenters. The van der Waals surface area contributed by atoms with Crippen molar-refractivity contribution in [1.29, 1.82) is 0 Å². The first-order valence-corrected chi connectivity index (χ1v) is 16.8. The number of aliphatic hydroxyl groups excluding tert-OH is 1. The van der Waals surface area contributed by atoms with Crippen molar-refractivity contribution >= 4 is 62.7 Å². The van der Waals surface area contributed by atoms with Gasteiger partial charge in [0.1, 0.15) is 0 Å². The normalized spacial score (nSPS) is 26.6. The Kier molecular flexibility index (Phi) is 8.42. The quantitative estimate of drug-likeness (QED) is 0.327. The average Bonchev–Trinajstić information content (AvgIpc) is 3.39. The van der Waals surface area contributed by atoms with Gasteiger partial charge in [-0.05, 0) is 112 Å². The number of nitrogens with zero attached hydrogens (tertiary/aromatic N) is 2. The lowest BCUT2D eigenvalue weighted by atomic mass is 9.70. The zero-order valence-corrected chi connectivity index (χ0v) is 28.8. The number of carbonyl (C=O) groups excluding carboxylic acids is 2. The molecule has 2 amide bonds. The highest BCUT2D eigenvalue weighted by Crippen LogP contribution is 2.58. The Morgan fingerprint density at radius 2 is 1.72 bits per heavy atom. The Bertz CT molecular complexity index is 1560. The Balaban J connectivity index is 1.35. The number of ether oxygens (including phenoxy) is 1. The number of fused-ring (bicyclic) bond motifs is 3. The molecule has 9 heteroatoms. The fourth-order valence-electron chi connectivity index (χ4n) is 7.51. The third kappa shape index (κ3) is 5.43. The molecular weight excluding hydrogens is 770 g/mol. The largest absolute Gasteiger partial charge is 0.394 e. The van der Waals surface area contributed by atoms with Crippen LogP contribution in [0.15, 0.2) is 66.7 Å². The molecule has 3 aromatic carbocycles. The minimum absolute atomic E-state index is 0.00305. The molecule has 2 N–H and O–H groups in total. The van der Waals surface area contributed by atoms with E-state index < -0.39 is 29.1 Å². The van der Waals surface area contributed by atoms with Crippen molar-refractivity contribution in [2.24, 2.45) is 11.8 Å². The topological polar surface area (TPSA) is 90.3 Å². The highest BCUT2D eigenvalue weighted by molar-refractivity contribution is 14.1. The molecule has 0 aliphatic carbocycles. The highest BCUT2D eigenvalue weighted by atomic mass is 127.